The first kappa shape index (κ1) is 24.5. The van der Waals surface area contributed by atoms with Gasteiger partial charge < -0.3 is 9.64 Å². The summed E-state index contributed by atoms with van der Waals surface area (Å²) in [4.78, 5) is 26.0. The third kappa shape index (κ3) is 5.61. The van der Waals surface area contributed by atoms with Crippen molar-refractivity contribution in [3.05, 3.63) is 29.8 Å². The number of rotatable bonds is 5. The van der Waals surface area contributed by atoms with E-state index in [4.69, 9.17) is 4.74 Å². The molecule has 2 fully saturated rings. The Balaban J connectivity index is 1.54. The zero-order chi connectivity index (χ0) is 23.5. The van der Waals surface area contributed by atoms with Gasteiger partial charge in [0.1, 0.15) is 0 Å². The lowest BCUT2D eigenvalue weighted by atomic mass is 9.98. The number of amides is 1. The zero-order valence-corrected chi connectivity index (χ0v) is 18.6. The van der Waals surface area contributed by atoms with Gasteiger partial charge in [0.15, 0.2) is 6.61 Å². The molecule has 1 unspecified atom stereocenters. The van der Waals surface area contributed by atoms with Crippen LogP contribution in [0.15, 0.2) is 29.2 Å². The Kier molecular flexibility index (Phi) is 7.49. The molecule has 1 atom stereocenters. The van der Waals surface area contributed by atoms with Crippen LogP contribution in [-0.2, 0) is 30.5 Å². The van der Waals surface area contributed by atoms with Crippen LogP contribution in [0.5, 0.6) is 0 Å². The Morgan fingerprint density at radius 1 is 1.09 bits per heavy atom. The van der Waals surface area contributed by atoms with E-state index < -0.39 is 38.5 Å². The highest BCUT2D eigenvalue weighted by Crippen LogP contribution is 2.32. The number of carbonyl (C=O) groups is 2. The zero-order valence-electron chi connectivity index (χ0n) is 17.8. The number of sulfonamides is 1. The van der Waals surface area contributed by atoms with Gasteiger partial charge in [-0.25, -0.2) is 8.42 Å². The second-order valence-corrected chi connectivity index (χ2v) is 10.2. The highest BCUT2D eigenvalue weighted by atomic mass is 32.2. The number of benzene rings is 1. The molecule has 0 aromatic heterocycles. The summed E-state index contributed by atoms with van der Waals surface area (Å²) >= 11 is 0. The predicted octanol–water partition coefficient (Wildman–Crippen LogP) is 3.05. The van der Waals surface area contributed by atoms with Gasteiger partial charge in [-0.15, -0.1) is 0 Å². The number of esters is 1. The van der Waals surface area contributed by atoms with Crippen LogP contribution in [0.1, 0.15) is 44.6 Å². The van der Waals surface area contributed by atoms with Crippen molar-refractivity contribution in [2.24, 2.45) is 5.92 Å². The highest BCUT2D eigenvalue weighted by Gasteiger charge is 2.36. The number of hydrogen-bond acceptors (Lipinski definition) is 5. The van der Waals surface area contributed by atoms with E-state index in [1.807, 2.05) is 6.92 Å². The molecule has 2 aliphatic rings. The molecule has 0 bridgehead atoms. The fourth-order valence-electron chi connectivity index (χ4n) is 4.12. The maximum atomic E-state index is 12.9. The van der Waals surface area contributed by atoms with E-state index in [0.29, 0.717) is 12.6 Å². The molecular weight excluding hydrogens is 449 g/mol. The lowest BCUT2D eigenvalue weighted by molar-refractivity contribution is -0.157. The third-order valence-corrected chi connectivity index (χ3v) is 7.94. The monoisotopic (exact) mass is 476 g/mol. The number of carbonyl (C=O) groups excluding carboxylic acids is 2. The molecule has 0 aliphatic carbocycles. The van der Waals surface area contributed by atoms with Gasteiger partial charge >= 0.3 is 12.1 Å². The minimum absolute atomic E-state index is 0.0184. The quantitative estimate of drug-likeness (QED) is 0.610. The molecular formula is C21H27F3N2O5S. The Bertz CT molecular complexity index is 943. The van der Waals surface area contributed by atoms with Gasteiger partial charge in [0, 0.05) is 25.7 Å². The van der Waals surface area contributed by atoms with E-state index >= 15 is 0 Å². The van der Waals surface area contributed by atoms with E-state index in [1.165, 1.54) is 0 Å². The number of nitrogens with zero attached hydrogens (tertiary/aromatic N) is 2. The van der Waals surface area contributed by atoms with Crippen LogP contribution < -0.4 is 0 Å². The maximum absolute atomic E-state index is 12.9. The summed E-state index contributed by atoms with van der Waals surface area (Å²) in [6, 6.07) is 3.72. The summed E-state index contributed by atoms with van der Waals surface area (Å²) in [5.41, 5.74) is -1.04. The van der Waals surface area contributed by atoms with Gasteiger partial charge in [0.2, 0.25) is 10.0 Å². The molecule has 32 heavy (non-hydrogen) atoms. The molecule has 0 saturated carbocycles. The van der Waals surface area contributed by atoms with Crippen molar-refractivity contribution in [2.75, 3.05) is 26.2 Å². The molecule has 0 spiro atoms. The number of ether oxygens (including phenoxy) is 1. The van der Waals surface area contributed by atoms with Gasteiger partial charge in [-0.05, 0) is 57.2 Å². The average Bonchev–Trinajstić information content (AvgIpc) is 2.77. The van der Waals surface area contributed by atoms with E-state index in [1.54, 1.807) is 4.90 Å². The van der Waals surface area contributed by atoms with Crippen molar-refractivity contribution in [3.63, 3.8) is 0 Å². The SMILES string of the molecule is CC1CCCCN1C(=O)COC(=O)C1CCN(S(=O)(=O)c2cccc(C(F)(F)F)c2)CC1. The maximum Gasteiger partial charge on any atom is 0.416 e. The number of hydrogen-bond donors (Lipinski definition) is 0. The summed E-state index contributed by atoms with van der Waals surface area (Å²) in [6.45, 7) is 2.22. The average molecular weight is 477 g/mol. The van der Waals surface area contributed by atoms with Crippen molar-refractivity contribution >= 4 is 21.9 Å². The highest BCUT2D eigenvalue weighted by molar-refractivity contribution is 7.89. The third-order valence-electron chi connectivity index (χ3n) is 6.05. The molecule has 1 aromatic rings. The van der Waals surface area contributed by atoms with Crippen LogP contribution in [-0.4, -0.2) is 61.8 Å². The van der Waals surface area contributed by atoms with Crippen LogP contribution in [0.25, 0.3) is 0 Å². The number of alkyl halides is 3. The summed E-state index contributed by atoms with van der Waals surface area (Å²) < 4.78 is 70.5. The summed E-state index contributed by atoms with van der Waals surface area (Å²) in [6.07, 6.45) is -1.41. The first-order valence-electron chi connectivity index (χ1n) is 10.6. The van der Waals surface area contributed by atoms with Gasteiger partial charge in [0.25, 0.3) is 5.91 Å². The van der Waals surface area contributed by atoms with Crippen LogP contribution in [0, 0.1) is 5.92 Å². The minimum Gasteiger partial charge on any atom is -0.455 e. The van der Waals surface area contributed by atoms with Gasteiger partial charge in [-0.2, -0.15) is 17.5 Å². The fourth-order valence-corrected chi connectivity index (χ4v) is 5.63. The van der Waals surface area contributed by atoms with E-state index in [-0.39, 0.29) is 44.5 Å². The van der Waals surface area contributed by atoms with Gasteiger partial charge in [0.05, 0.1) is 16.4 Å². The molecule has 178 valence electrons. The van der Waals surface area contributed by atoms with Crippen LogP contribution in [0.3, 0.4) is 0 Å². The molecule has 2 saturated heterocycles. The number of halogens is 3. The summed E-state index contributed by atoms with van der Waals surface area (Å²) in [7, 11) is -4.12. The molecule has 11 heteroatoms. The molecule has 7 nitrogen and oxygen atoms in total. The molecule has 3 rings (SSSR count). The topological polar surface area (TPSA) is 84.0 Å². The first-order chi connectivity index (χ1) is 15.0. The minimum atomic E-state index is -4.65. The van der Waals surface area contributed by atoms with Crippen molar-refractivity contribution in [3.8, 4) is 0 Å². The van der Waals surface area contributed by atoms with Crippen molar-refractivity contribution in [2.45, 2.75) is 56.1 Å². The number of likely N-dealkylation sites (tertiary alicyclic amines) is 1. The first-order valence-corrected chi connectivity index (χ1v) is 12.1. The Morgan fingerprint density at radius 3 is 2.41 bits per heavy atom. The molecule has 0 N–H and O–H groups in total. The van der Waals surface area contributed by atoms with Crippen molar-refractivity contribution < 1.29 is 35.9 Å². The Morgan fingerprint density at radius 2 is 1.78 bits per heavy atom. The van der Waals surface area contributed by atoms with E-state index in [2.05, 4.69) is 0 Å². The lowest BCUT2D eigenvalue weighted by Crippen LogP contribution is -2.45. The smallest absolute Gasteiger partial charge is 0.416 e. The van der Waals surface area contributed by atoms with Crippen molar-refractivity contribution in [1.82, 2.24) is 9.21 Å². The Labute approximate surface area is 185 Å². The fraction of sp³-hybridized carbons (Fsp3) is 0.619. The Hall–Kier alpha value is -2.14. The normalized spacial score (nSPS) is 21.4. The van der Waals surface area contributed by atoms with E-state index in [0.717, 1.165) is 41.8 Å². The van der Waals surface area contributed by atoms with Crippen LogP contribution >= 0.6 is 0 Å². The van der Waals surface area contributed by atoms with E-state index in [9.17, 15) is 31.2 Å². The second-order valence-electron chi connectivity index (χ2n) is 8.24. The molecule has 2 heterocycles. The largest absolute Gasteiger partial charge is 0.455 e. The number of piperidine rings is 2. The van der Waals surface area contributed by atoms with Crippen LogP contribution in [0.4, 0.5) is 13.2 Å². The molecule has 1 aromatic carbocycles. The second kappa shape index (κ2) is 9.78. The van der Waals surface area contributed by atoms with Gasteiger partial charge in [-0.1, -0.05) is 6.07 Å². The van der Waals surface area contributed by atoms with Gasteiger partial charge in [-0.3, -0.25) is 9.59 Å². The summed E-state index contributed by atoms with van der Waals surface area (Å²) in [5.74, 6) is -1.36. The van der Waals surface area contributed by atoms with Crippen LogP contribution in [0.2, 0.25) is 0 Å². The standard InChI is InChI=1S/C21H27F3N2O5S/c1-15-5-2-3-10-26(15)19(27)14-31-20(28)16-8-11-25(12-9-16)32(29,30)18-7-4-6-17(13-18)21(22,23)24/h4,6-7,13,15-16H,2-3,5,8-12,14H2,1H3. The molecule has 0 radical (unpaired) electrons. The molecule has 2 aliphatic heterocycles. The molecule has 1 amide bonds. The van der Waals surface area contributed by atoms with Crippen molar-refractivity contribution in [1.29, 1.82) is 0 Å². The lowest BCUT2D eigenvalue weighted by Gasteiger charge is -2.33. The summed E-state index contributed by atoms with van der Waals surface area (Å²) in [5, 5.41) is 0. The predicted molar refractivity (Wildman–Crippen MR) is 109 cm³/mol.